The molecule has 1 N–H and O–H groups in total. The molecule has 0 aromatic heterocycles. The number of amides is 2. The Kier molecular flexibility index (Phi) is 7.14. The number of para-hydroxylation sites is 2. The molecule has 2 saturated heterocycles. The van der Waals surface area contributed by atoms with Crippen molar-refractivity contribution in [3.8, 4) is 5.75 Å². The summed E-state index contributed by atoms with van der Waals surface area (Å²) in [5.41, 5.74) is 0.747. The highest BCUT2D eigenvalue weighted by molar-refractivity contribution is 5.91. The van der Waals surface area contributed by atoms with Crippen LogP contribution in [0.3, 0.4) is 0 Å². The van der Waals surface area contributed by atoms with Gasteiger partial charge in [0.1, 0.15) is 5.75 Å². The van der Waals surface area contributed by atoms with Gasteiger partial charge in [0, 0.05) is 32.2 Å². The lowest BCUT2D eigenvalue weighted by Crippen LogP contribution is -2.48. The Labute approximate surface area is 156 Å². The molecular formula is C20H31N3O3. The molecule has 0 spiro atoms. The molecule has 2 amide bonds. The normalized spacial score (nSPS) is 21.4. The zero-order valence-corrected chi connectivity index (χ0v) is 15.8. The lowest BCUT2D eigenvalue weighted by atomic mass is 9.99. The van der Waals surface area contributed by atoms with Crippen LogP contribution in [-0.2, 0) is 4.74 Å². The number of piperidine rings is 1. The number of rotatable bonds is 6. The van der Waals surface area contributed by atoms with E-state index in [2.05, 4.69) is 10.2 Å². The van der Waals surface area contributed by atoms with Crippen molar-refractivity contribution < 1.29 is 14.3 Å². The smallest absolute Gasteiger partial charge is 0.322 e. The van der Waals surface area contributed by atoms with Gasteiger partial charge in [-0.15, -0.1) is 0 Å². The summed E-state index contributed by atoms with van der Waals surface area (Å²) in [7, 11) is 0. The van der Waals surface area contributed by atoms with Crippen molar-refractivity contribution >= 4 is 11.7 Å². The molecule has 0 bridgehead atoms. The number of likely N-dealkylation sites (tertiary alicyclic amines) is 1. The fraction of sp³-hybridized carbons (Fsp3) is 0.650. The Balaban J connectivity index is 1.58. The quantitative estimate of drug-likeness (QED) is 0.845. The number of nitrogens with zero attached hydrogens (tertiary/aromatic N) is 2. The third-order valence-electron chi connectivity index (χ3n) is 5.20. The lowest BCUT2D eigenvalue weighted by molar-refractivity contribution is 0.0329. The number of ether oxygens (including phenoxy) is 2. The molecule has 2 aliphatic heterocycles. The molecule has 0 radical (unpaired) electrons. The van der Waals surface area contributed by atoms with E-state index >= 15 is 0 Å². The number of carbonyl (C=O) groups is 1. The van der Waals surface area contributed by atoms with Crippen molar-refractivity contribution in [1.29, 1.82) is 0 Å². The zero-order chi connectivity index (χ0) is 18.2. The van der Waals surface area contributed by atoms with Crippen molar-refractivity contribution in [1.82, 2.24) is 9.80 Å². The van der Waals surface area contributed by atoms with Crippen LogP contribution in [0.15, 0.2) is 24.3 Å². The first kappa shape index (κ1) is 19.0. The maximum absolute atomic E-state index is 12.9. The molecule has 6 nitrogen and oxygen atoms in total. The SMILES string of the molecule is CCOc1ccccc1NC(=O)N1CCCC[C@@H]1CCN1CCOCC1. The van der Waals surface area contributed by atoms with E-state index < -0.39 is 0 Å². The van der Waals surface area contributed by atoms with Crippen molar-refractivity contribution in [3.05, 3.63) is 24.3 Å². The molecule has 0 saturated carbocycles. The van der Waals surface area contributed by atoms with Crippen LogP contribution in [0.4, 0.5) is 10.5 Å². The number of nitrogens with one attached hydrogen (secondary N) is 1. The number of hydrogen-bond acceptors (Lipinski definition) is 4. The maximum atomic E-state index is 12.9. The second kappa shape index (κ2) is 9.78. The van der Waals surface area contributed by atoms with E-state index in [1.807, 2.05) is 36.1 Å². The average molecular weight is 361 g/mol. The molecule has 2 aliphatic rings. The summed E-state index contributed by atoms with van der Waals surface area (Å²) >= 11 is 0. The summed E-state index contributed by atoms with van der Waals surface area (Å²) in [6.45, 7) is 8.04. The molecular weight excluding hydrogens is 330 g/mol. The fourth-order valence-corrected chi connectivity index (χ4v) is 3.76. The molecule has 3 rings (SSSR count). The van der Waals surface area contributed by atoms with Crippen molar-refractivity contribution in [2.45, 2.75) is 38.6 Å². The number of benzene rings is 1. The van der Waals surface area contributed by atoms with E-state index in [9.17, 15) is 4.79 Å². The van der Waals surface area contributed by atoms with Crippen LogP contribution in [-0.4, -0.2) is 67.9 Å². The topological polar surface area (TPSA) is 54.0 Å². The summed E-state index contributed by atoms with van der Waals surface area (Å²) in [5.74, 6) is 0.727. The van der Waals surface area contributed by atoms with Gasteiger partial charge < -0.3 is 19.7 Å². The summed E-state index contributed by atoms with van der Waals surface area (Å²) in [5, 5.41) is 3.06. The van der Waals surface area contributed by atoms with Crippen molar-refractivity contribution in [2.75, 3.05) is 51.3 Å². The highest BCUT2D eigenvalue weighted by Crippen LogP contribution is 2.26. The van der Waals surface area contributed by atoms with E-state index in [-0.39, 0.29) is 6.03 Å². The van der Waals surface area contributed by atoms with Crippen molar-refractivity contribution in [2.24, 2.45) is 0 Å². The number of urea groups is 1. The predicted molar refractivity (Wildman–Crippen MR) is 103 cm³/mol. The highest BCUT2D eigenvalue weighted by Gasteiger charge is 2.27. The first-order valence-electron chi connectivity index (χ1n) is 9.87. The lowest BCUT2D eigenvalue weighted by Gasteiger charge is -2.37. The van der Waals surface area contributed by atoms with E-state index in [0.29, 0.717) is 12.6 Å². The van der Waals surface area contributed by atoms with Gasteiger partial charge in [-0.25, -0.2) is 4.79 Å². The molecule has 26 heavy (non-hydrogen) atoms. The minimum atomic E-state index is -0.0103. The van der Waals surface area contributed by atoms with Crippen LogP contribution in [0.25, 0.3) is 0 Å². The molecule has 1 aromatic rings. The van der Waals surface area contributed by atoms with Gasteiger partial charge in [0.2, 0.25) is 0 Å². The van der Waals surface area contributed by atoms with E-state index in [1.165, 1.54) is 6.42 Å². The standard InChI is InChI=1S/C20H31N3O3/c1-2-26-19-9-4-3-8-18(19)21-20(24)23-11-6-5-7-17(23)10-12-22-13-15-25-16-14-22/h3-4,8-9,17H,2,5-7,10-16H2,1H3,(H,21,24)/t17-/m1/s1. The zero-order valence-electron chi connectivity index (χ0n) is 15.8. The van der Waals surface area contributed by atoms with Crippen LogP contribution in [0, 0.1) is 0 Å². The Morgan fingerprint density at radius 1 is 1.23 bits per heavy atom. The Hall–Kier alpha value is -1.79. The van der Waals surface area contributed by atoms with Crippen LogP contribution >= 0.6 is 0 Å². The molecule has 6 heteroatoms. The van der Waals surface area contributed by atoms with E-state index in [0.717, 1.165) is 70.1 Å². The second-order valence-corrected chi connectivity index (χ2v) is 6.95. The summed E-state index contributed by atoms with van der Waals surface area (Å²) in [6.07, 6.45) is 4.40. The van der Waals surface area contributed by atoms with Gasteiger partial charge in [-0.3, -0.25) is 4.90 Å². The largest absolute Gasteiger partial charge is 0.492 e. The van der Waals surface area contributed by atoms with Crippen LogP contribution < -0.4 is 10.1 Å². The number of anilines is 1. The number of carbonyl (C=O) groups excluding carboxylic acids is 1. The van der Waals surface area contributed by atoms with Gasteiger partial charge in [-0.05, 0) is 44.7 Å². The molecule has 0 aliphatic carbocycles. The van der Waals surface area contributed by atoms with Crippen LogP contribution in [0.5, 0.6) is 5.75 Å². The van der Waals surface area contributed by atoms with E-state index in [4.69, 9.17) is 9.47 Å². The highest BCUT2D eigenvalue weighted by atomic mass is 16.5. The minimum absolute atomic E-state index is 0.0103. The summed E-state index contributed by atoms with van der Waals surface area (Å²) < 4.78 is 11.0. The maximum Gasteiger partial charge on any atom is 0.322 e. The minimum Gasteiger partial charge on any atom is -0.492 e. The molecule has 1 aromatic carbocycles. The third kappa shape index (κ3) is 5.11. The molecule has 2 fully saturated rings. The Morgan fingerprint density at radius 2 is 2.04 bits per heavy atom. The first-order chi connectivity index (χ1) is 12.8. The Morgan fingerprint density at radius 3 is 2.85 bits per heavy atom. The summed E-state index contributed by atoms with van der Waals surface area (Å²) in [6, 6.07) is 7.94. The molecule has 2 heterocycles. The molecule has 1 atom stereocenters. The van der Waals surface area contributed by atoms with Gasteiger partial charge >= 0.3 is 6.03 Å². The van der Waals surface area contributed by atoms with Crippen LogP contribution in [0.1, 0.15) is 32.6 Å². The third-order valence-corrected chi connectivity index (χ3v) is 5.20. The van der Waals surface area contributed by atoms with E-state index in [1.54, 1.807) is 0 Å². The van der Waals surface area contributed by atoms with Gasteiger partial charge in [0.05, 0.1) is 25.5 Å². The Bertz CT molecular complexity index is 575. The van der Waals surface area contributed by atoms with Gasteiger partial charge in [-0.2, -0.15) is 0 Å². The molecule has 144 valence electrons. The van der Waals surface area contributed by atoms with Gasteiger partial charge in [-0.1, -0.05) is 12.1 Å². The predicted octanol–water partition coefficient (Wildman–Crippen LogP) is 3.19. The summed E-state index contributed by atoms with van der Waals surface area (Å²) in [4.78, 5) is 17.4. The average Bonchev–Trinajstić information content (AvgIpc) is 2.69. The molecule has 0 unspecified atom stereocenters. The monoisotopic (exact) mass is 361 g/mol. The first-order valence-corrected chi connectivity index (χ1v) is 9.87. The van der Waals surface area contributed by atoms with Gasteiger partial charge in [0.15, 0.2) is 0 Å². The fourth-order valence-electron chi connectivity index (χ4n) is 3.76. The van der Waals surface area contributed by atoms with Crippen LogP contribution in [0.2, 0.25) is 0 Å². The second-order valence-electron chi connectivity index (χ2n) is 6.95. The number of hydrogen-bond donors (Lipinski definition) is 1. The van der Waals surface area contributed by atoms with Gasteiger partial charge in [0.25, 0.3) is 0 Å². The van der Waals surface area contributed by atoms with Crippen molar-refractivity contribution in [3.63, 3.8) is 0 Å². The number of morpholine rings is 1.